The topological polar surface area (TPSA) is 71.0 Å². The highest BCUT2D eigenvalue weighted by Gasteiger charge is 2.20. The third-order valence-electron chi connectivity index (χ3n) is 4.43. The van der Waals surface area contributed by atoms with Crippen LogP contribution < -0.4 is 10.2 Å². The molecule has 0 fully saturated rings. The van der Waals surface area contributed by atoms with E-state index in [0.29, 0.717) is 18.1 Å². The minimum Gasteiger partial charge on any atom is -0.348 e. The molecular weight excluding hydrogens is 326 g/mol. The van der Waals surface area contributed by atoms with Crippen LogP contribution in [0.15, 0.2) is 61.2 Å². The Labute approximate surface area is 151 Å². The van der Waals surface area contributed by atoms with Gasteiger partial charge in [-0.15, -0.1) is 0 Å². The number of benzene rings is 1. The lowest BCUT2D eigenvalue weighted by Gasteiger charge is -2.29. The van der Waals surface area contributed by atoms with Gasteiger partial charge in [-0.25, -0.2) is 9.97 Å². The zero-order valence-corrected chi connectivity index (χ0v) is 14.3. The molecule has 0 bridgehead atoms. The number of nitrogens with one attached hydrogen (secondary N) is 1. The Kier molecular flexibility index (Phi) is 4.55. The van der Waals surface area contributed by atoms with Crippen LogP contribution in [0.1, 0.15) is 27.9 Å². The van der Waals surface area contributed by atoms with E-state index in [1.807, 2.05) is 18.2 Å². The molecule has 26 heavy (non-hydrogen) atoms. The first kappa shape index (κ1) is 16.2. The van der Waals surface area contributed by atoms with Gasteiger partial charge in [-0.05, 0) is 36.1 Å². The normalized spacial score (nSPS) is 13.2. The summed E-state index contributed by atoms with van der Waals surface area (Å²) in [7, 11) is 0. The predicted octanol–water partition coefficient (Wildman–Crippen LogP) is 2.89. The van der Waals surface area contributed by atoms with E-state index in [0.717, 1.165) is 30.6 Å². The van der Waals surface area contributed by atoms with Crippen molar-refractivity contribution in [3.05, 3.63) is 77.9 Å². The molecule has 0 saturated heterocycles. The summed E-state index contributed by atoms with van der Waals surface area (Å²) < 4.78 is 0. The number of pyridine rings is 1. The van der Waals surface area contributed by atoms with Gasteiger partial charge in [0.1, 0.15) is 0 Å². The zero-order valence-electron chi connectivity index (χ0n) is 14.3. The molecule has 1 amide bonds. The molecule has 0 saturated carbocycles. The summed E-state index contributed by atoms with van der Waals surface area (Å²) in [4.78, 5) is 27.3. The van der Waals surface area contributed by atoms with E-state index in [4.69, 9.17) is 0 Å². The number of hydrogen-bond donors (Lipinski definition) is 1. The fourth-order valence-corrected chi connectivity index (χ4v) is 3.11. The van der Waals surface area contributed by atoms with Crippen LogP contribution in [0.5, 0.6) is 0 Å². The molecule has 2 aromatic heterocycles. The number of anilines is 2. The van der Waals surface area contributed by atoms with E-state index in [1.165, 1.54) is 5.56 Å². The maximum atomic E-state index is 12.3. The number of fused-ring (bicyclic) bond motifs is 1. The van der Waals surface area contributed by atoms with Crippen LogP contribution in [0.2, 0.25) is 0 Å². The number of carbonyl (C=O) groups excluding carboxylic acids is 1. The summed E-state index contributed by atoms with van der Waals surface area (Å²) in [6.45, 7) is 1.30. The van der Waals surface area contributed by atoms with E-state index in [-0.39, 0.29) is 5.91 Å². The Hall–Kier alpha value is -3.28. The number of hydrogen-bond acceptors (Lipinski definition) is 5. The average molecular weight is 345 g/mol. The van der Waals surface area contributed by atoms with Gasteiger partial charge in [0.15, 0.2) is 0 Å². The van der Waals surface area contributed by atoms with Gasteiger partial charge in [0.25, 0.3) is 5.91 Å². The average Bonchev–Trinajstić information content (AvgIpc) is 2.72. The number of rotatable bonds is 4. The van der Waals surface area contributed by atoms with Gasteiger partial charge in [0, 0.05) is 43.6 Å². The number of amides is 1. The summed E-state index contributed by atoms with van der Waals surface area (Å²) in [5.74, 6) is 0.431. The third-order valence-corrected chi connectivity index (χ3v) is 4.43. The van der Waals surface area contributed by atoms with E-state index in [2.05, 4.69) is 43.4 Å². The molecule has 0 atom stereocenters. The van der Waals surface area contributed by atoms with Crippen LogP contribution in [0.4, 0.5) is 11.6 Å². The van der Waals surface area contributed by atoms with Gasteiger partial charge in [-0.1, -0.05) is 24.3 Å². The molecule has 1 N–H and O–H groups in total. The Morgan fingerprint density at radius 2 is 1.92 bits per heavy atom. The molecule has 1 aromatic carbocycles. The second kappa shape index (κ2) is 7.31. The summed E-state index contributed by atoms with van der Waals surface area (Å²) in [5.41, 5.74) is 3.85. The number of nitrogens with zero attached hydrogens (tertiary/aromatic N) is 4. The molecule has 0 radical (unpaired) electrons. The van der Waals surface area contributed by atoms with Crippen molar-refractivity contribution in [2.75, 3.05) is 11.4 Å². The first-order valence-corrected chi connectivity index (χ1v) is 8.66. The van der Waals surface area contributed by atoms with Crippen LogP contribution in [0, 0.1) is 0 Å². The predicted molar refractivity (Wildman–Crippen MR) is 99.2 cm³/mol. The molecule has 6 heteroatoms. The Balaban J connectivity index is 1.46. The van der Waals surface area contributed by atoms with Crippen molar-refractivity contribution < 1.29 is 4.79 Å². The summed E-state index contributed by atoms with van der Waals surface area (Å²) in [6, 6.07) is 12.1. The standard InChI is InChI=1S/C20H19N5O/c26-19(22-12-15-5-3-9-21-11-15)17-13-23-20(24-14-17)25-10-4-7-16-6-1-2-8-18(16)25/h1-3,5-6,8-9,11,13-14H,4,7,10,12H2,(H,22,26). The van der Waals surface area contributed by atoms with Gasteiger partial charge in [0.05, 0.1) is 5.56 Å². The molecule has 0 unspecified atom stereocenters. The van der Waals surface area contributed by atoms with Gasteiger partial charge >= 0.3 is 0 Å². The highest BCUT2D eigenvalue weighted by atomic mass is 16.1. The second-order valence-corrected chi connectivity index (χ2v) is 6.20. The molecule has 1 aliphatic rings. The lowest BCUT2D eigenvalue weighted by Crippen LogP contribution is -2.27. The highest BCUT2D eigenvalue weighted by molar-refractivity contribution is 5.93. The lowest BCUT2D eigenvalue weighted by atomic mass is 10.0. The molecule has 0 spiro atoms. The summed E-state index contributed by atoms with van der Waals surface area (Å²) in [5, 5.41) is 2.86. The van der Waals surface area contributed by atoms with E-state index in [1.54, 1.807) is 24.8 Å². The van der Waals surface area contributed by atoms with Gasteiger partial charge < -0.3 is 10.2 Å². The van der Waals surface area contributed by atoms with Gasteiger partial charge in [-0.3, -0.25) is 9.78 Å². The van der Waals surface area contributed by atoms with Crippen LogP contribution in [-0.2, 0) is 13.0 Å². The molecule has 4 rings (SSSR count). The van der Waals surface area contributed by atoms with E-state index < -0.39 is 0 Å². The van der Waals surface area contributed by atoms with Crippen molar-refractivity contribution >= 4 is 17.5 Å². The summed E-state index contributed by atoms with van der Waals surface area (Å²) >= 11 is 0. The largest absolute Gasteiger partial charge is 0.348 e. The van der Waals surface area contributed by atoms with Crippen LogP contribution in [-0.4, -0.2) is 27.4 Å². The van der Waals surface area contributed by atoms with E-state index >= 15 is 0 Å². The number of carbonyl (C=O) groups is 1. The van der Waals surface area contributed by atoms with E-state index in [9.17, 15) is 4.79 Å². The molecule has 3 aromatic rings. The number of aryl methyl sites for hydroxylation is 1. The number of para-hydroxylation sites is 1. The zero-order chi connectivity index (χ0) is 17.8. The second-order valence-electron chi connectivity index (χ2n) is 6.20. The minimum absolute atomic E-state index is 0.195. The fourth-order valence-electron chi connectivity index (χ4n) is 3.11. The molecular formula is C20H19N5O. The molecule has 6 nitrogen and oxygen atoms in total. The molecule has 1 aliphatic heterocycles. The smallest absolute Gasteiger partial charge is 0.254 e. The minimum atomic E-state index is -0.195. The van der Waals surface area contributed by atoms with Crippen molar-refractivity contribution in [3.8, 4) is 0 Å². The fraction of sp³-hybridized carbons (Fsp3) is 0.200. The SMILES string of the molecule is O=C(NCc1cccnc1)c1cnc(N2CCCc3ccccc32)nc1. The first-order valence-electron chi connectivity index (χ1n) is 8.66. The van der Waals surface area contributed by atoms with Crippen LogP contribution in [0.25, 0.3) is 0 Å². The maximum absolute atomic E-state index is 12.3. The quantitative estimate of drug-likeness (QED) is 0.787. The van der Waals surface area contributed by atoms with Gasteiger partial charge in [0.2, 0.25) is 5.95 Å². The van der Waals surface area contributed by atoms with Crippen molar-refractivity contribution in [1.82, 2.24) is 20.3 Å². The Morgan fingerprint density at radius 1 is 1.08 bits per heavy atom. The molecule has 3 heterocycles. The van der Waals surface area contributed by atoms with Crippen LogP contribution in [0.3, 0.4) is 0 Å². The van der Waals surface area contributed by atoms with Crippen molar-refractivity contribution in [2.45, 2.75) is 19.4 Å². The Morgan fingerprint density at radius 3 is 2.73 bits per heavy atom. The van der Waals surface area contributed by atoms with Gasteiger partial charge in [-0.2, -0.15) is 0 Å². The lowest BCUT2D eigenvalue weighted by molar-refractivity contribution is 0.0950. The van der Waals surface area contributed by atoms with Crippen LogP contribution >= 0.6 is 0 Å². The molecule has 0 aliphatic carbocycles. The highest BCUT2D eigenvalue weighted by Crippen LogP contribution is 2.30. The van der Waals surface area contributed by atoms with Crippen molar-refractivity contribution in [2.24, 2.45) is 0 Å². The monoisotopic (exact) mass is 345 g/mol. The number of aromatic nitrogens is 3. The molecule has 130 valence electrons. The first-order chi connectivity index (χ1) is 12.8. The maximum Gasteiger partial charge on any atom is 0.254 e. The van der Waals surface area contributed by atoms with Crippen molar-refractivity contribution in [1.29, 1.82) is 0 Å². The summed E-state index contributed by atoms with van der Waals surface area (Å²) in [6.07, 6.45) is 8.73. The Bertz CT molecular complexity index is 896. The third kappa shape index (κ3) is 3.39. The van der Waals surface area contributed by atoms with Crippen molar-refractivity contribution in [3.63, 3.8) is 0 Å².